The number of hydrogen-bond donors (Lipinski definition) is 0. The van der Waals surface area contributed by atoms with Crippen molar-refractivity contribution in [3.8, 4) is 0 Å². The van der Waals surface area contributed by atoms with E-state index in [2.05, 4.69) is 144 Å². The van der Waals surface area contributed by atoms with Crippen LogP contribution in [0.25, 0.3) is 110 Å². The molecule has 6 atom stereocenters. The molecule has 5 aliphatic rings. The molecule has 136 heavy (non-hydrogen) atoms. The Morgan fingerprint density at radius 3 is 0.824 bits per heavy atom. The van der Waals surface area contributed by atoms with E-state index in [-0.39, 0.29) is 49.5 Å². The maximum Gasteiger partial charge on any atom is 0.178 e. The molecule has 0 bridgehead atoms. The van der Waals surface area contributed by atoms with Crippen LogP contribution in [0.2, 0.25) is 0 Å². The number of pyridine rings is 3. The van der Waals surface area contributed by atoms with Gasteiger partial charge in [-0.2, -0.15) is 0 Å². The van der Waals surface area contributed by atoms with Gasteiger partial charge in [0.1, 0.15) is 58.7 Å². The molecule has 10 aromatic heterocycles. The van der Waals surface area contributed by atoms with Crippen LogP contribution in [-0.4, -0.2) is 97.7 Å². The Morgan fingerprint density at radius 2 is 0.493 bits per heavy atom. The topological polar surface area (TPSA) is 188 Å². The Labute approximate surface area is 814 Å². The molecule has 0 radical (unpaired) electrons. The van der Waals surface area contributed by atoms with Gasteiger partial charge in [0.05, 0.1) is 49.6 Å². The predicted molar refractivity (Wildman–Crippen MR) is 570 cm³/mol. The molecule has 22 heteroatoms. The highest BCUT2D eigenvalue weighted by atomic mass is 16.3. The second-order valence-electron chi connectivity index (χ2n) is 34.3. The van der Waals surface area contributed by atoms with E-state index in [4.69, 9.17) is 38.5 Å². The predicted octanol–water partition coefficient (Wildman–Crippen LogP) is 30.4. The monoisotopic (exact) mass is 1820 g/mol. The van der Waals surface area contributed by atoms with Gasteiger partial charge in [0.25, 0.3) is 0 Å². The number of furan rings is 5. The van der Waals surface area contributed by atoms with Crippen LogP contribution in [0.5, 0.6) is 0 Å². The molecule has 25 rings (SSSR count). The number of anilines is 15. The van der Waals surface area contributed by atoms with Crippen LogP contribution >= 0.6 is 0 Å². The van der Waals surface area contributed by atoms with E-state index < -0.39 is 57.4 Å². The summed E-state index contributed by atoms with van der Waals surface area (Å²) in [6.45, 7) is 21.9. The lowest BCUT2D eigenvalue weighted by Crippen LogP contribution is -2.42. The fourth-order valence-electron chi connectivity index (χ4n) is 20.0. The van der Waals surface area contributed by atoms with Gasteiger partial charge in [-0.3, -0.25) is 9.80 Å². The van der Waals surface area contributed by atoms with Crippen molar-refractivity contribution < 1.29 is 38.5 Å². The molecule has 22 nitrogen and oxygen atoms in total. The molecule has 10 aromatic carbocycles. The van der Waals surface area contributed by atoms with E-state index in [0.717, 1.165) is 200 Å². The van der Waals surface area contributed by atoms with Gasteiger partial charge in [-0.25, -0.2) is 34.9 Å². The summed E-state index contributed by atoms with van der Waals surface area (Å²) in [5.74, 6) is 4.12. The summed E-state index contributed by atoms with van der Waals surface area (Å²) in [5.41, 5.74) is 20.4. The maximum absolute atomic E-state index is 8.77. The molecule has 0 aliphatic carbocycles. The summed E-state index contributed by atoms with van der Waals surface area (Å²) in [4.78, 5) is 50.2. The Bertz CT molecular complexity index is 7650. The van der Waals surface area contributed by atoms with Crippen molar-refractivity contribution in [2.24, 2.45) is 0 Å². The van der Waals surface area contributed by atoms with Gasteiger partial charge < -0.3 is 61.3 Å². The third-order valence-corrected chi connectivity index (χ3v) is 25.9. The van der Waals surface area contributed by atoms with Crippen molar-refractivity contribution in [2.75, 3.05) is 63.0 Å². The zero-order valence-corrected chi connectivity index (χ0v) is 75.4. The Hall–Kier alpha value is -15.2. The van der Waals surface area contributed by atoms with Crippen molar-refractivity contribution in [1.82, 2.24) is 34.9 Å². The van der Waals surface area contributed by atoms with E-state index in [9.17, 15) is 0 Å². The minimum atomic E-state index is -2.52. The van der Waals surface area contributed by atoms with E-state index in [1.165, 1.54) is 22.9 Å². The third-order valence-electron chi connectivity index (χ3n) is 25.9. The van der Waals surface area contributed by atoms with Crippen molar-refractivity contribution in [1.29, 1.82) is 0 Å². The Balaban J connectivity index is 0.000000131. The van der Waals surface area contributed by atoms with Crippen LogP contribution in [0.15, 0.2) is 284 Å². The lowest BCUT2D eigenvalue weighted by atomic mass is 10.1. The molecule has 20 aromatic rings. The van der Waals surface area contributed by atoms with E-state index in [1.54, 1.807) is 42.1 Å². The molecule has 5 aliphatic heterocycles. The molecule has 0 spiro atoms. The van der Waals surface area contributed by atoms with E-state index >= 15 is 0 Å². The molecular formula is C114H125N17O5. The third kappa shape index (κ3) is 15.0. The van der Waals surface area contributed by atoms with Crippen molar-refractivity contribution in [3.05, 3.63) is 290 Å². The zero-order valence-electron chi connectivity index (χ0n) is 87.4. The van der Waals surface area contributed by atoms with Gasteiger partial charge in [-0.05, 0) is 205 Å². The number of aryl methyl sites for hydroxylation is 5. The molecule has 15 heterocycles. The number of para-hydroxylation sites is 5. The molecule has 0 saturated carbocycles. The average molecular weight is 1830 g/mol. The highest BCUT2D eigenvalue weighted by Gasteiger charge is 2.44. The quantitative estimate of drug-likeness (QED) is 0.140. The first-order valence-electron chi connectivity index (χ1n) is 50.1. The fourth-order valence-corrected chi connectivity index (χ4v) is 20.0. The highest BCUT2D eigenvalue weighted by Crippen LogP contribution is 2.55. The van der Waals surface area contributed by atoms with Crippen LogP contribution in [0.4, 0.5) is 86.2 Å². The second kappa shape index (κ2) is 37.0. The molecule has 0 N–H and O–H groups in total. The van der Waals surface area contributed by atoms with Crippen molar-refractivity contribution in [3.63, 3.8) is 0 Å². The second-order valence-corrected chi connectivity index (χ2v) is 34.3. The molecule has 0 amide bonds. The number of hydrogen-bond acceptors (Lipinski definition) is 22. The lowest BCUT2D eigenvalue weighted by Gasteiger charge is -2.33. The van der Waals surface area contributed by atoms with E-state index in [1.807, 2.05) is 240 Å². The standard InChI is InChI=1S/2C23H23N3O.C22H22N4O.C21H19N3O.C20H18N4O.5CH4/c2*1-14(2)25-16(4)26(19-9-7-13-24-23(19)25)21-15(3)11-12-18-17-8-5-6-10-20(17)27-22(18)21;1-13(2)25-15(4)26(22-21(25)23-11-12-24-22)19-14(3)9-10-17-16-7-5-6-8-18(16)27-20(17)19;1-13-10-11-16-15-7-4-5-9-18(15)25-20(16)19(13)24-14(2)23(3)21-17(24)8-6-12-22-21;1-12-8-9-15-14-6-4-5-7-16(14)25-18(15)17(12)24-13(2)23(3)19-20(24)22-11-10-21-19;;;;;/h2*5-14,16H,1-4H3;5-13,15H,1-4H3;4-12,14H,1-3H3;4-11,13H,1-3H3;5*1H4/i1D3,14D;14D;13D;2*3D3;;;;;. The SMILES string of the molecule is C.C.C.C.C.[2H]C(C)(C)N1c2ncccc2N(c2c(C)ccc3c2oc2ccccc23)C1C.[2H]C(C)(C)N1c2nccnc2N(c2c(C)ccc3c2oc2ccccc23)C1C.[2H]C([2H])([2H])C([2H])(C)N1c2ncccc2N(c2c(C)ccc3c2oc2ccccc23)C1C.[2H]C([2H])([2H])N1c2ncccc2N(c2c(C)ccc3c2oc2ccccc23)C1C.[2H]C([2H])([2H])N1c2nccnc2N(c2c(C)ccc3c2oc2ccccc23)C1C. The van der Waals surface area contributed by atoms with Crippen LogP contribution in [-0.2, 0) is 0 Å². The average Bonchev–Trinajstić information content (AvgIpc) is 1.56. The molecule has 0 saturated heterocycles. The first kappa shape index (κ1) is 79.4. The zero-order chi connectivity index (χ0) is 101. The van der Waals surface area contributed by atoms with Crippen LogP contribution in [0, 0.1) is 34.6 Å². The summed E-state index contributed by atoms with van der Waals surface area (Å²) < 4.78 is 129. The number of benzene rings is 10. The van der Waals surface area contributed by atoms with Gasteiger partial charge in [0, 0.05) is 142 Å². The number of fused-ring (bicyclic) bond motifs is 20. The van der Waals surface area contributed by atoms with Crippen LogP contribution < -0.4 is 49.0 Å². The van der Waals surface area contributed by atoms with Crippen molar-refractivity contribution >= 4 is 196 Å². The van der Waals surface area contributed by atoms with Crippen molar-refractivity contribution in [2.45, 2.75) is 197 Å². The Kier molecular flexibility index (Phi) is 21.6. The molecule has 696 valence electrons. The molecule has 6 unspecified atom stereocenters. The van der Waals surface area contributed by atoms with E-state index in [0.29, 0.717) is 23.3 Å². The fraction of sp³-hybridized carbons (Fsp3) is 0.272. The largest absolute Gasteiger partial charge is 0.454 e. The van der Waals surface area contributed by atoms with Gasteiger partial charge in [0.2, 0.25) is 0 Å². The summed E-state index contributed by atoms with van der Waals surface area (Å²) in [5, 5.41) is 10.5. The van der Waals surface area contributed by atoms with Gasteiger partial charge in [-0.15, -0.1) is 0 Å². The molecular weight excluding hydrogens is 1690 g/mol. The van der Waals surface area contributed by atoms with Crippen LogP contribution in [0.1, 0.15) is 157 Å². The minimum Gasteiger partial charge on any atom is -0.454 e. The summed E-state index contributed by atoms with van der Waals surface area (Å²) in [6, 6.07) is 68.8. The van der Waals surface area contributed by atoms with Crippen LogP contribution in [0.3, 0.4) is 0 Å². The minimum absolute atomic E-state index is 0. The summed E-state index contributed by atoms with van der Waals surface area (Å²) in [7, 11) is 0. The number of rotatable bonds is 8. The number of aromatic nitrogens is 7. The normalized spacial score (nSPS) is 18.3. The lowest BCUT2D eigenvalue weighted by molar-refractivity contribution is 0.598. The smallest absolute Gasteiger partial charge is 0.178 e. The molecule has 0 fully saturated rings. The van der Waals surface area contributed by atoms with Gasteiger partial charge in [-0.1, -0.05) is 189 Å². The van der Waals surface area contributed by atoms with Gasteiger partial charge in [0.15, 0.2) is 68.6 Å². The first-order valence-corrected chi connectivity index (χ1v) is 44.1. The Morgan fingerprint density at radius 1 is 0.250 bits per heavy atom. The van der Waals surface area contributed by atoms with Gasteiger partial charge >= 0.3 is 0 Å². The maximum atomic E-state index is 8.77. The first-order chi connectivity index (χ1) is 68.1. The highest BCUT2D eigenvalue weighted by molar-refractivity contribution is 6.16. The number of nitrogens with zero attached hydrogens (tertiary/aromatic N) is 17. The summed E-state index contributed by atoms with van der Waals surface area (Å²) in [6.07, 6.45) is 9.96. The summed E-state index contributed by atoms with van der Waals surface area (Å²) >= 11 is 0.